The maximum Gasteiger partial charge on any atom is 0.321 e. The van der Waals surface area contributed by atoms with Crippen LogP contribution in [0.1, 0.15) is 12.8 Å². The van der Waals surface area contributed by atoms with E-state index in [1.54, 1.807) is 24.1 Å². The highest BCUT2D eigenvalue weighted by atomic mass is 19.1. The number of para-hydroxylation sites is 3. The van der Waals surface area contributed by atoms with E-state index in [9.17, 15) is 18.8 Å². The monoisotopic (exact) mass is 531 g/mol. The molecule has 1 spiro atoms. The first kappa shape index (κ1) is 26.0. The average molecular weight is 532 g/mol. The van der Waals surface area contributed by atoms with Crippen molar-refractivity contribution < 1.29 is 23.5 Å². The summed E-state index contributed by atoms with van der Waals surface area (Å²) < 4.78 is 18.6. The first-order valence-corrected chi connectivity index (χ1v) is 12.8. The Balaban J connectivity index is 1.30. The van der Waals surface area contributed by atoms with Crippen molar-refractivity contribution in [2.45, 2.75) is 18.4 Å². The van der Waals surface area contributed by atoms with Crippen LogP contribution in [-0.2, 0) is 9.59 Å². The first-order valence-electron chi connectivity index (χ1n) is 12.8. The second-order valence-electron chi connectivity index (χ2n) is 9.61. The summed E-state index contributed by atoms with van der Waals surface area (Å²) >= 11 is 0. The van der Waals surface area contributed by atoms with Gasteiger partial charge in [-0.1, -0.05) is 30.3 Å². The normalized spacial score (nSPS) is 16.4. The van der Waals surface area contributed by atoms with Gasteiger partial charge < -0.3 is 30.1 Å². The third-order valence-corrected chi connectivity index (χ3v) is 7.27. The summed E-state index contributed by atoms with van der Waals surface area (Å²) in [5.41, 5.74) is 1.03. The number of amides is 4. The minimum Gasteiger partial charge on any atom is -0.495 e. The van der Waals surface area contributed by atoms with Crippen molar-refractivity contribution in [3.8, 4) is 5.75 Å². The zero-order valence-electron chi connectivity index (χ0n) is 21.6. The molecule has 2 N–H and O–H groups in total. The smallest absolute Gasteiger partial charge is 0.321 e. The lowest BCUT2D eigenvalue weighted by molar-refractivity contribution is -0.136. The number of hydrogen-bond acceptors (Lipinski definition) is 5. The lowest BCUT2D eigenvalue weighted by atomic mass is 9.85. The number of nitrogens with zero attached hydrogens (tertiary/aromatic N) is 3. The summed E-state index contributed by atoms with van der Waals surface area (Å²) in [4.78, 5) is 45.0. The Morgan fingerprint density at radius 3 is 2.28 bits per heavy atom. The van der Waals surface area contributed by atoms with Gasteiger partial charge in [0, 0.05) is 24.5 Å². The average Bonchev–Trinajstić information content (AvgIpc) is 3.21. The van der Waals surface area contributed by atoms with Gasteiger partial charge in [0.15, 0.2) is 0 Å². The fourth-order valence-electron chi connectivity index (χ4n) is 5.25. The molecule has 0 aliphatic carbocycles. The van der Waals surface area contributed by atoms with E-state index in [-0.39, 0.29) is 31.1 Å². The molecule has 2 saturated heterocycles. The number of piperidine rings is 1. The van der Waals surface area contributed by atoms with Gasteiger partial charge in [-0.3, -0.25) is 9.59 Å². The Labute approximate surface area is 226 Å². The molecule has 2 aliphatic heterocycles. The molecule has 4 amide bonds. The Kier molecular flexibility index (Phi) is 7.36. The maximum absolute atomic E-state index is 13.9. The molecule has 3 aromatic carbocycles. The minimum atomic E-state index is -0.876. The number of carbonyl (C=O) groups is 3. The largest absolute Gasteiger partial charge is 0.495 e. The highest BCUT2D eigenvalue weighted by Gasteiger charge is 2.54. The van der Waals surface area contributed by atoms with Gasteiger partial charge in [0.25, 0.3) is 5.91 Å². The second-order valence-corrected chi connectivity index (χ2v) is 9.61. The molecular weight excluding hydrogens is 501 g/mol. The van der Waals surface area contributed by atoms with Gasteiger partial charge in [0.1, 0.15) is 23.7 Å². The summed E-state index contributed by atoms with van der Waals surface area (Å²) in [7, 11) is 1.55. The van der Waals surface area contributed by atoms with E-state index in [1.165, 1.54) is 29.2 Å². The fourth-order valence-corrected chi connectivity index (χ4v) is 5.25. The standard InChI is InChI=1S/C29H30FN5O4/c1-39-25-10-6-5-9-24(25)32-28(38)33-17-15-29(16-18-33)27(37)34(20-35(29)23-7-3-2-4-8-23)19-26(36)31-22-13-11-21(30)12-14-22/h2-14H,15-20H2,1H3,(H,31,36)(H,32,38). The maximum atomic E-state index is 13.9. The van der Waals surface area contributed by atoms with Gasteiger partial charge in [-0.25, -0.2) is 9.18 Å². The molecule has 9 nitrogen and oxygen atoms in total. The number of benzene rings is 3. The number of nitrogens with one attached hydrogen (secondary N) is 2. The van der Waals surface area contributed by atoms with E-state index in [0.717, 1.165) is 5.69 Å². The molecule has 2 heterocycles. The van der Waals surface area contributed by atoms with Crippen LogP contribution in [0.2, 0.25) is 0 Å². The van der Waals surface area contributed by atoms with Crippen LogP contribution in [0, 0.1) is 5.82 Å². The lowest BCUT2D eigenvalue weighted by Crippen LogP contribution is -2.58. The Bertz CT molecular complexity index is 1340. The zero-order valence-corrected chi connectivity index (χ0v) is 21.6. The Morgan fingerprint density at radius 1 is 0.923 bits per heavy atom. The number of anilines is 3. The van der Waals surface area contributed by atoms with Gasteiger partial charge in [-0.15, -0.1) is 0 Å². The lowest BCUT2D eigenvalue weighted by Gasteiger charge is -2.43. The molecule has 5 rings (SSSR count). The van der Waals surface area contributed by atoms with Crippen molar-refractivity contribution >= 4 is 34.9 Å². The van der Waals surface area contributed by atoms with Crippen LogP contribution in [0.4, 0.5) is 26.2 Å². The Hall–Kier alpha value is -4.60. The van der Waals surface area contributed by atoms with E-state index in [1.807, 2.05) is 47.4 Å². The van der Waals surface area contributed by atoms with Crippen LogP contribution < -0.4 is 20.3 Å². The first-order chi connectivity index (χ1) is 18.9. The number of urea groups is 1. The van der Waals surface area contributed by atoms with Crippen molar-refractivity contribution in [1.82, 2.24) is 9.80 Å². The number of hydrogen-bond donors (Lipinski definition) is 2. The second kappa shape index (κ2) is 11.0. The predicted octanol–water partition coefficient (Wildman–Crippen LogP) is 4.15. The summed E-state index contributed by atoms with van der Waals surface area (Å²) in [6.45, 7) is 0.837. The van der Waals surface area contributed by atoms with Crippen molar-refractivity contribution in [3.63, 3.8) is 0 Å². The summed E-state index contributed by atoms with van der Waals surface area (Å²) in [5, 5.41) is 5.63. The summed E-state index contributed by atoms with van der Waals surface area (Å²) in [6.07, 6.45) is 0.826. The van der Waals surface area contributed by atoms with Crippen LogP contribution in [-0.4, -0.2) is 66.6 Å². The predicted molar refractivity (Wildman–Crippen MR) is 146 cm³/mol. The van der Waals surface area contributed by atoms with Crippen molar-refractivity contribution in [1.29, 1.82) is 0 Å². The van der Waals surface area contributed by atoms with Crippen molar-refractivity contribution in [3.05, 3.63) is 84.7 Å². The van der Waals surface area contributed by atoms with E-state index >= 15 is 0 Å². The summed E-state index contributed by atoms with van der Waals surface area (Å²) in [5.74, 6) is -0.347. The molecule has 0 bridgehead atoms. The van der Waals surface area contributed by atoms with E-state index in [2.05, 4.69) is 10.6 Å². The van der Waals surface area contributed by atoms with E-state index in [0.29, 0.717) is 43.1 Å². The fraction of sp³-hybridized carbons (Fsp3) is 0.276. The van der Waals surface area contributed by atoms with Gasteiger partial charge in [0.2, 0.25) is 5.91 Å². The molecule has 10 heteroatoms. The van der Waals surface area contributed by atoms with Crippen LogP contribution in [0.5, 0.6) is 5.75 Å². The molecule has 202 valence electrons. The molecule has 0 atom stereocenters. The van der Waals surface area contributed by atoms with Crippen LogP contribution in [0.25, 0.3) is 0 Å². The molecule has 0 unspecified atom stereocenters. The highest BCUT2D eigenvalue weighted by Crippen LogP contribution is 2.39. The molecule has 39 heavy (non-hydrogen) atoms. The van der Waals surface area contributed by atoms with Crippen LogP contribution in [0.15, 0.2) is 78.9 Å². The van der Waals surface area contributed by atoms with Gasteiger partial charge in [-0.2, -0.15) is 0 Å². The molecular formula is C29H30FN5O4. The molecule has 0 aromatic heterocycles. The van der Waals surface area contributed by atoms with E-state index < -0.39 is 11.4 Å². The molecule has 0 radical (unpaired) electrons. The number of halogens is 1. The zero-order chi connectivity index (χ0) is 27.4. The molecule has 2 aliphatic rings. The molecule has 3 aromatic rings. The number of likely N-dealkylation sites (tertiary alicyclic amines) is 1. The number of ether oxygens (including phenoxy) is 1. The quantitative estimate of drug-likeness (QED) is 0.499. The number of methoxy groups -OCH3 is 1. The number of rotatable bonds is 6. The number of carbonyl (C=O) groups excluding carboxylic acids is 3. The van der Waals surface area contributed by atoms with Crippen molar-refractivity contribution in [2.75, 3.05) is 48.9 Å². The summed E-state index contributed by atoms with van der Waals surface area (Å²) in [6, 6.07) is 22.0. The SMILES string of the molecule is COc1ccccc1NC(=O)N1CCC2(CC1)C(=O)N(CC(=O)Nc1ccc(F)cc1)CN2c1ccccc1. The minimum absolute atomic E-state index is 0.140. The van der Waals surface area contributed by atoms with Crippen LogP contribution >= 0.6 is 0 Å². The van der Waals surface area contributed by atoms with Gasteiger partial charge in [0.05, 0.1) is 19.5 Å². The van der Waals surface area contributed by atoms with Crippen LogP contribution in [0.3, 0.4) is 0 Å². The molecule has 0 saturated carbocycles. The third kappa shape index (κ3) is 5.36. The van der Waals surface area contributed by atoms with Gasteiger partial charge in [-0.05, 0) is 61.4 Å². The highest BCUT2D eigenvalue weighted by molar-refractivity contribution is 5.99. The topological polar surface area (TPSA) is 94.2 Å². The van der Waals surface area contributed by atoms with Crippen molar-refractivity contribution in [2.24, 2.45) is 0 Å². The third-order valence-electron chi connectivity index (χ3n) is 7.27. The Morgan fingerprint density at radius 2 is 1.59 bits per heavy atom. The van der Waals surface area contributed by atoms with E-state index in [4.69, 9.17) is 4.74 Å². The molecule has 2 fully saturated rings. The van der Waals surface area contributed by atoms with Gasteiger partial charge >= 0.3 is 6.03 Å².